The zero-order valence-corrected chi connectivity index (χ0v) is 18.9. The maximum Gasteiger partial charge on any atom is 0.328 e. The Morgan fingerprint density at radius 2 is 1.77 bits per heavy atom. The van der Waals surface area contributed by atoms with Gasteiger partial charge in [-0.3, -0.25) is 13.9 Å². The molecule has 0 spiro atoms. The number of hydrogen-bond donors (Lipinski definition) is 1. The molecular formula is C21H21ClN6O2S. The van der Waals surface area contributed by atoms with Gasteiger partial charge in [0.2, 0.25) is 5.91 Å². The van der Waals surface area contributed by atoms with Gasteiger partial charge in [-0.2, -0.15) is 0 Å². The predicted octanol–water partition coefficient (Wildman–Crippen LogP) is 3.54. The highest BCUT2D eigenvalue weighted by Crippen LogP contribution is 2.25. The van der Waals surface area contributed by atoms with E-state index in [1.165, 1.54) is 11.8 Å². The summed E-state index contributed by atoms with van der Waals surface area (Å²) in [5.74, 6) is 0.756. The molecule has 0 bridgehead atoms. The van der Waals surface area contributed by atoms with E-state index in [-0.39, 0.29) is 17.3 Å². The molecule has 0 aliphatic heterocycles. The largest absolute Gasteiger partial charge is 0.328 e. The van der Waals surface area contributed by atoms with Gasteiger partial charge >= 0.3 is 5.69 Å². The van der Waals surface area contributed by atoms with Crippen LogP contribution in [0.3, 0.4) is 0 Å². The van der Waals surface area contributed by atoms with E-state index in [2.05, 4.69) is 15.5 Å². The Morgan fingerprint density at radius 3 is 2.48 bits per heavy atom. The number of aromatic nitrogens is 5. The SMILES string of the molecule is CCn1c(SCC(=O)Nc2ccc3c(c2)n(C)c(=O)n3C)nnc1-c1ccc(Cl)cc1. The molecule has 8 nitrogen and oxygen atoms in total. The van der Waals surface area contributed by atoms with Crippen LogP contribution in [0.1, 0.15) is 6.92 Å². The number of thioether (sulfide) groups is 1. The lowest BCUT2D eigenvalue weighted by Crippen LogP contribution is -2.19. The van der Waals surface area contributed by atoms with Gasteiger partial charge in [0, 0.05) is 36.9 Å². The van der Waals surface area contributed by atoms with Crippen LogP contribution < -0.4 is 11.0 Å². The lowest BCUT2D eigenvalue weighted by molar-refractivity contribution is -0.113. The lowest BCUT2D eigenvalue weighted by Gasteiger charge is -2.08. The van der Waals surface area contributed by atoms with Gasteiger partial charge in [-0.15, -0.1) is 10.2 Å². The molecule has 0 atom stereocenters. The van der Waals surface area contributed by atoms with Crippen molar-refractivity contribution < 1.29 is 4.79 Å². The monoisotopic (exact) mass is 456 g/mol. The van der Waals surface area contributed by atoms with E-state index >= 15 is 0 Å². The Kier molecular flexibility index (Phi) is 5.88. The minimum absolute atomic E-state index is 0.107. The number of benzene rings is 2. The van der Waals surface area contributed by atoms with Crippen molar-refractivity contribution in [2.75, 3.05) is 11.1 Å². The first-order valence-corrected chi connectivity index (χ1v) is 11.0. The van der Waals surface area contributed by atoms with Crippen LogP contribution >= 0.6 is 23.4 Å². The number of hydrogen-bond acceptors (Lipinski definition) is 5. The van der Waals surface area contributed by atoms with Crippen molar-refractivity contribution >= 4 is 46.0 Å². The van der Waals surface area contributed by atoms with Crippen molar-refractivity contribution in [3.8, 4) is 11.4 Å². The third kappa shape index (κ3) is 4.11. The first kappa shape index (κ1) is 21.2. The van der Waals surface area contributed by atoms with Crippen molar-refractivity contribution in [3.63, 3.8) is 0 Å². The van der Waals surface area contributed by atoms with Gasteiger partial charge in [0.1, 0.15) is 0 Å². The van der Waals surface area contributed by atoms with Crippen LogP contribution in [-0.2, 0) is 25.4 Å². The Hall–Kier alpha value is -3.04. The van der Waals surface area contributed by atoms with E-state index in [0.29, 0.717) is 22.4 Å². The first-order valence-electron chi connectivity index (χ1n) is 9.66. The van der Waals surface area contributed by atoms with Gasteiger partial charge in [-0.25, -0.2) is 4.79 Å². The Morgan fingerprint density at radius 1 is 1.06 bits per heavy atom. The zero-order chi connectivity index (χ0) is 22.1. The van der Waals surface area contributed by atoms with E-state index in [9.17, 15) is 9.59 Å². The number of halogens is 1. The number of amides is 1. The molecule has 0 aliphatic carbocycles. The highest BCUT2D eigenvalue weighted by Gasteiger charge is 2.15. The quantitative estimate of drug-likeness (QED) is 0.448. The molecule has 2 heterocycles. The number of aryl methyl sites for hydroxylation is 2. The number of rotatable bonds is 6. The van der Waals surface area contributed by atoms with Crippen LogP contribution in [0.4, 0.5) is 5.69 Å². The summed E-state index contributed by atoms with van der Waals surface area (Å²) in [7, 11) is 3.43. The van der Waals surface area contributed by atoms with Crippen LogP contribution in [0.15, 0.2) is 52.4 Å². The molecule has 0 aliphatic rings. The maximum atomic E-state index is 12.5. The summed E-state index contributed by atoms with van der Waals surface area (Å²) in [6.07, 6.45) is 0. The highest BCUT2D eigenvalue weighted by atomic mass is 35.5. The number of carbonyl (C=O) groups is 1. The molecule has 2 aromatic carbocycles. The van der Waals surface area contributed by atoms with Crippen molar-refractivity contribution in [1.29, 1.82) is 0 Å². The second-order valence-electron chi connectivity index (χ2n) is 7.00. The average Bonchev–Trinajstić information content (AvgIpc) is 3.27. The molecule has 1 N–H and O–H groups in total. The third-order valence-electron chi connectivity index (χ3n) is 5.02. The average molecular weight is 457 g/mol. The van der Waals surface area contributed by atoms with Gasteiger partial charge in [-0.1, -0.05) is 23.4 Å². The third-order valence-corrected chi connectivity index (χ3v) is 6.24. The first-order chi connectivity index (χ1) is 14.9. The molecule has 0 radical (unpaired) electrons. The molecule has 160 valence electrons. The molecule has 2 aromatic heterocycles. The topological polar surface area (TPSA) is 86.7 Å². The predicted molar refractivity (Wildman–Crippen MR) is 124 cm³/mol. The summed E-state index contributed by atoms with van der Waals surface area (Å²) in [4.78, 5) is 24.6. The molecule has 10 heteroatoms. The molecule has 31 heavy (non-hydrogen) atoms. The number of nitrogens with one attached hydrogen (secondary N) is 1. The van der Waals surface area contributed by atoms with E-state index < -0.39 is 0 Å². The van der Waals surface area contributed by atoms with E-state index in [0.717, 1.165) is 22.4 Å². The van der Waals surface area contributed by atoms with Crippen LogP contribution in [0.2, 0.25) is 5.02 Å². The molecule has 0 unspecified atom stereocenters. The van der Waals surface area contributed by atoms with Crippen LogP contribution in [0, 0.1) is 0 Å². The van der Waals surface area contributed by atoms with Gasteiger partial charge < -0.3 is 9.88 Å². The van der Waals surface area contributed by atoms with Crippen molar-refractivity contribution in [1.82, 2.24) is 23.9 Å². The summed E-state index contributed by atoms with van der Waals surface area (Å²) < 4.78 is 5.10. The summed E-state index contributed by atoms with van der Waals surface area (Å²) in [6.45, 7) is 2.68. The molecule has 0 saturated heterocycles. The highest BCUT2D eigenvalue weighted by molar-refractivity contribution is 7.99. The molecular weight excluding hydrogens is 436 g/mol. The number of nitrogens with zero attached hydrogens (tertiary/aromatic N) is 5. The smallest absolute Gasteiger partial charge is 0.325 e. The molecule has 0 fully saturated rings. The van der Waals surface area contributed by atoms with Crippen molar-refractivity contribution in [2.45, 2.75) is 18.6 Å². The summed E-state index contributed by atoms with van der Waals surface area (Å²) in [5, 5.41) is 12.8. The fourth-order valence-electron chi connectivity index (χ4n) is 3.40. The Balaban J connectivity index is 1.47. The fraction of sp³-hybridized carbons (Fsp3) is 0.238. The standard InChI is InChI=1S/C21H21ClN6O2S/c1-4-28-19(13-5-7-14(22)8-6-13)24-25-20(28)31-12-18(29)23-15-9-10-16-17(11-15)27(3)21(30)26(16)2/h5-11H,4,12H2,1-3H3,(H,23,29). The van der Waals surface area contributed by atoms with Crippen molar-refractivity contribution in [2.24, 2.45) is 14.1 Å². The second kappa shape index (κ2) is 8.60. The van der Waals surface area contributed by atoms with Crippen LogP contribution in [-0.4, -0.2) is 35.6 Å². The summed E-state index contributed by atoms with van der Waals surface area (Å²) >= 11 is 7.29. The molecule has 1 amide bonds. The Bertz CT molecular complexity index is 1320. The number of carbonyl (C=O) groups excluding carboxylic acids is 1. The fourth-order valence-corrected chi connectivity index (χ4v) is 4.33. The Labute approximate surface area is 187 Å². The van der Waals surface area contributed by atoms with Crippen LogP contribution in [0.5, 0.6) is 0 Å². The minimum Gasteiger partial charge on any atom is -0.325 e. The number of anilines is 1. The summed E-state index contributed by atoms with van der Waals surface area (Å²) in [6, 6.07) is 12.8. The van der Waals surface area contributed by atoms with Gasteiger partial charge in [-0.05, 0) is 49.4 Å². The molecule has 4 aromatic rings. The van der Waals surface area contributed by atoms with Crippen molar-refractivity contribution in [3.05, 3.63) is 58.0 Å². The van der Waals surface area contributed by atoms with Gasteiger partial charge in [0.25, 0.3) is 0 Å². The maximum absolute atomic E-state index is 12.5. The number of fused-ring (bicyclic) bond motifs is 1. The van der Waals surface area contributed by atoms with Crippen LogP contribution in [0.25, 0.3) is 22.4 Å². The summed E-state index contributed by atoms with van der Waals surface area (Å²) in [5.41, 5.74) is 3.02. The van der Waals surface area contributed by atoms with E-state index in [1.807, 2.05) is 41.8 Å². The van der Waals surface area contributed by atoms with Gasteiger partial charge in [0.05, 0.1) is 16.8 Å². The number of imidazole rings is 1. The van der Waals surface area contributed by atoms with E-state index in [1.54, 1.807) is 35.4 Å². The minimum atomic E-state index is -0.163. The normalized spacial score (nSPS) is 11.2. The zero-order valence-electron chi connectivity index (χ0n) is 17.3. The van der Waals surface area contributed by atoms with Gasteiger partial charge in [0.15, 0.2) is 11.0 Å². The lowest BCUT2D eigenvalue weighted by atomic mass is 10.2. The molecule has 4 rings (SSSR count). The second-order valence-corrected chi connectivity index (χ2v) is 8.38. The van der Waals surface area contributed by atoms with E-state index in [4.69, 9.17) is 11.6 Å². The molecule has 0 saturated carbocycles.